The summed E-state index contributed by atoms with van der Waals surface area (Å²) in [4.78, 5) is 7.83. The van der Waals surface area contributed by atoms with Crippen LogP contribution >= 0.6 is 0 Å². The van der Waals surface area contributed by atoms with E-state index in [2.05, 4.69) is 192 Å². The van der Waals surface area contributed by atoms with Crippen LogP contribution in [-0.4, -0.2) is 18.3 Å². The lowest BCUT2D eigenvalue weighted by Gasteiger charge is -2.19. The lowest BCUT2D eigenvalue weighted by Crippen LogP contribution is -2.04. The number of nitrogens with zero attached hydrogens (tertiary/aromatic N) is 6. The standard InChI is InChI=1S/C69H39F3N6/c1-73-56-35-31-46(75-60-27-15-11-23-52(60)65-63(75)37-33-50-48-21-9-13-25-58(48)76(67(50)65)44-17-5-3-6-18-44)41-54(56)55-39-42(47-32-30-43(69(70,71)72)40-57(47)74-2)29-36-62(55)78-61-28-16-12-24-53(61)66-64(78)38-34-51-49-22-10-14-26-59(49)77(68(51)66)45-19-7-4-8-20-45/h3-41H. The van der Waals surface area contributed by atoms with E-state index >= 15 is 0 Å². The maximum Gasteiger partial charge on any atom is 0.415 e. The molecule has 0 aliphatic heterocycles. The van der Waals surface area contributed by atoms with Gasteiger partial charge in [-0.05, 0) is 113 Å². The van der Waals surface area contributed by atoms with Crippen molar-refractivity contribution >= 4 is 98.6 Å². The van der Waals surface area contributed by atoms with Crippen molar-refractivity contribution in [3.05, 3.63) is 265 Å². The average molecular weight is 1010 g/mol. The minimum absolute atomic E-state index is 0.125. The van der Waals surface area contributed by atoms with Gasteiger partial charge in [-0.1, -0.05) is 146 Å². The zero-order valence-corrected chi connectivity index (χ0v) is 41.3. The summed E-state index contributed by atoms with van der Waals surface area (Å²) in [5.41, 5.74) is 13.3. The van der Waals surface area contributed by atoms with Crippen LogP contribution < -0.4 is 0 Å². The van der Waals surface area contributed by atoms with Gasteiger partial charge in [-0.25, -0.2) is 9.69 Å². The fraction of sp³-hybridized carbons (Fsp3) is 0.0145. The molecular weight excluding hydrogens is 970 g/mol. The van der Waals surface area contributed by atoms with E-state index in [0.29, 0.717) is 27.9 Å². The van der Waals surface area contributed by atoms with Crippen LogP contribution in [0.5, 0.6) is 0 Å². The topological polar surface area (TPSA) is 28.4 Å². The third-order valence-corrected chi connectivity index (χ3v) is 15.6. The van der Waals surface area contributed by atoms with Crippen molar-refractivity contribution in [2.24, 2.45) is 0 Å². The highest BCUT2D eigenvalue weighted by atomic mass is 19.4. The molecule has 0 bridgehead atoms. The molecule has 9 heteroatoms. The number of benzene rings is 11. The molecule has 0 fully saturated rings. The number of aromatic nitrogens is 4. The fourth-order valence-electron chi connectivity index (χ4n) is 12.4. The number of para-hydroxylation sites is 6. The SMILES string of the molecule is [C-]#[N+]c1cc(C(F)(F)F)ccc1-c1ccc(-n2c3ccccc3c3c2ccc2c4ccccc4n(-c4ccccc4)c23)c(-c2cc(-n3c4ccccc4c4c3ccc3c5ccccc5n(-c5ccccc5)c34)ccc2[N+]#[C-])c1. The third kappa shape index (κ3) is 6.49. The maximum atomic E-state index is 14.2. The Kier molecular flexibility index (Phi) is 9.75. The van der Waals surface area contributed by atoms with Crippen LogP contribution in [0.4, 0.5) is 24.5 Å². The van der Waals surface area contributed by atoms with Gasteiger partial charge < -0.3 is 18.3 Å². The van der Waals surface area contributed by atoms with E-state index in [0.717, 1.165) is 122 Å². The Morgan fingerprint density at radius 2 is 0.808 bits per heavy atom. The van der Waals surface area contributed by atoms with E-state index in [4.69, 9.17) is 13.1 Å². The summed E-state index contributed by atoms with van der Waals surface area (Å²) in [6.07, 6.45) is -4.64. The molecule has 78 heavy (non-hydrogen) atoms. The van der Waals surface area contributed by atoms with Crippen LogP contribution in [-0.2, 0) is 6.18 Å². The van der Waals surface area contributed by atoms with Crippen molar-refractivity contribution in [2.75, 3.05) is 0 Å². The van der Waals surface area contributed by atoms with E-state index in [1.165, 1.54) is 6.07 Å². The molecule has 366 valence electrons. The van der Waals surface area contributed by atoms with Crippen LogP contribution in [0.3, 0.4) is 0 Å². The van der Waals surface area contributed by atoms with Crippen LogP contribution in [0.1, 0.15) is 5.56 Å². The summed E-state index contributed by atoms with van der Waals surface area (Å²) >= 11 is 0. The molecule has 0 spiro atoms. The van der Waals surface area contributed by atoms with Crippen molar-refractivity contribution in [1.29, 1.82) is 0 Å². The van der Waals surface area contributed by atoms with Gasteiger partial charge in [0.2, 0.25) is 0 Å². The lowest BCUT2D eigenvalue weighted by atomic mass is 9.94. The molecule has 0 amide bonds. The highest BCUT2D eigenvalue weighted by molar-refractivity contribution is 6.28. The molecule has 4 heterocycles. The molecule has 0 N–H and O–H groups in total. The quantitative estimate of drug-likeness (QED) is 0.149. The molecule has 11 aromatic carbocycles. The van der Waals surface area contributed by atoms with E-state index in [1.807, 2.05) is 54.6 Å². The third-order valence-electron chi connectivity index (χ3n) is 15.6. The number of rotatable bonds is 6. The van der Waals surface area contributed by atoms with Crippen molar-refractivity contribution in [2.45, 2.75) is 6.18 Å². The summed E-state index contributed by atoms with van der Waals surface area (Å²) in [5, 5.41) is 8.71. The van der Waals surface area contributed by atoms with E-state index < -0.39 is 11.7 Å². The minimum Gasteiger partial charge on any atom is -0.309 e. The summed E-state index contributed by atoms with van der Waals surface area (Å²) in [5.74, 6) is 0. The van der Waals surface area contributed by atoms with Gasteiger partial charge in [0, 0.05) is 65.7 Å². The Hall–Kier alpha value is -10.6. The Balaban J connectivity index is 1.04. The normalized spacial score (nSPS) is 12.0. The number of fused-ring (bicyclic) bond motifs is 14. The minimum atomic E-state index is -4.64. The lowest BCUT2D eigenvalue weighted by molar-refractivity contribution is -0.137. The molecule has 0 radical (unpaired) electrons. The zero-order valence-electron chi connectivity index (χ0n) is 41.3. The van der Waals surface area contributed by atoms with Gasteiger partial charge in [0.1, 0.15) is 0 Å². The van der Waals surface area contributed by atoms with Crippen LogP contribution in [0.15, 0.2) is 237 Å². The highest BCUT2D eigenvalue weighted by Gasteiger charge is 2.32. The Labute approximate surface area is 444 Å². The summed E-state index contributed by atoms with van der Waals surface area (Å²) in [6, 6.07) is 78.4. The number of halogens is 3. The second kappa shape index (κ2) is 17.0. The molecule has 0 aliphatic carbocycles. The van der Waals surface area contributed by atoms with E-state index in [-0.39, 0.29) is 5.69 Å². The highest BCUT2D eigenvalue weighted by Crippen LogP contribution is 2.48. The largest absolute Gasteiger partial charge is 0.415 e. The van der Waals surface area contributed by atoms with Gasteiger partial charge in [-0.15, -0.1) is 0 Å². The molecule has 0 atom stereocenters. The molecule has 15 aromatic rings. The first kappa shape index (κ1) is 44.8. The maximum absolute atomic E-state index is 14.2. The summed E-state index contributed by atoms with van der Waals surface area (Å²) < 4.78 is 51.8. The number of hydrogen-bond acceptors (Lipinski definition) is 0. The predicted octanol–water partition coefficient (Wildman–Crippen LogP) is 19.5. The van der Waals surface area contributed by atoms with Crippen LogP contribution in [0.25, 0.3) is 142 Å². The molecule has 15 rings (SSSR count). The Bertz CT molecular complexity index is 5100. The van der Waals surface area contributed by atoms with Gasteiger partial charge in [0.05, 0.1) is 63.0 Å². The monoisotopic (exact) mass is 1010 g/mol. The van der Waals surface area contributed by atoms with Crippen LogP contribution in [0, 0.1) is 13.1 Å². The van der Waals surface area contributed by atoms with Crippen molar-refractivity contribution in [3.8, 4) is 45.0 Å². The smallest absolute Gasteiger partial charge is 0.309 e. The average Bonchev–Trinajstić information content (AvgIpc) is 4.31. The predicted molar refractivity (Wildman–Crippen MR) is 312 cm³/mol. The van der Waals surface area contributed by atoms with Gasteiger partial charge in [0.15, 0.2) is 11.4 Å². The van der Waals surface area contributed by atoms with Gasteiger partial charge in [-0.2, -0.15) is 13.2 Å². The number of hydrogen-bond donors (Lipinski definition) is 0. The molecule has 0 unspecified atom stereocenters. The van der Waals surface area contributed by atoms with Gasteiger partial charge in [-0.3, -0.25) is 0 Å². The zero-order chi connectivity index (χ0) is 52.4. The first-order valence-corrected chi connectivity index (χ1v) is 25.6. The fourth-order valence-corrected chi connectivity index (χ4v) is 12.4. The van der Waals surface area contributed by atoms with Gasteiger partial charge >= 0.3 is 6.18 Å². The first-order valence-electron chi connectivity index (χ1n) is 25.6. The Morgan fingerprint density at radius 3 is 1.35 bits per heavy atom. The molecule has 0 aliphatic rings. The number of alkyl halides is 3. The van der Waals surface area contributed by atoms with E-state index in [1.54, 1.807) is 0 Å². The first-order chi connectivity index (χ1) is 38.3. The van der Waals surface area contributed by atoms with Crippen molar-refractivity contribution in [3.63, 3.8) is 0 Å². The second-order valence-corrected chi connectivity index (χ2v) is 19.7. The molecule has 6 nitrogen and oxygen atoms in total. The van der Waals surface area contributed by atoms with Crippen molar-refractivity contribution in [1.82, 2.24) is 18.3 Å². The molecular formula is C69H39F3N6. The summed E-state index contributed by atoms with van der Waals surface area (Å²) in [7, 11) is 0. The Morgan fingerprint density at radius 1 is 0.321 bits per heavy atom. The van der Waals surface area contributed by atoms with Crippen molar-refractivity contribution < 1.29 is 13.2 Å². The molecule has 0 saturated heterocycles. The molecule has 4 aromatic heterocycles. The van der Waals surface area contributed by atoms with Crippen LogP contribution in [0.2, 0.25) is 0 Å². The molecule has 0 saturated carbocycles. The summed E-state index contributed by atoms with van der Waals surface area (Å²) in [6.45, 7) is 16.9. The second-order valence-electron chi connectivity index (χ2n) is 19.7. The van der Waals surface area contributed by atoms with Gasteiger partial charge in [0.25, 0.3) is 0 Å². The van der Waals surface area contributed by atoms with E-state index in [9.17, 15) is 13.2 Å².